The Morgan fingerprint density at radius 1 is 1.25 bits per heavy atom. The van der Waals surface area contributed by atoms with Crippen molar-refractivity contribution >= 4 is 63.2 Å². The zero-order valence-electron chi connectivity index (χ0n) is 17.4. The molecular formula is C22H21IN2O6S. The largest absolute Gasteiger partial charge is 0.493 e. The summed E-state index contributed by atoms with van der Waals surface area (Å²) < 4.78 is 16.5. The summed E-state index contributed by atoms with van der Waals surface area (Å²) in [5.41, 5.74) is 1.47. The summed E-state index contributed by atoms with van der Waals surface area (Å²) in [7, 11) is 3.06. The number of carboxylic acid groups (broad SMARTS) is 1. The first-order valence-corrected chi connectivity index (χ1v) is 11.4. The molecule has 0 aliphatic carbocycles. The molecule has 1 aliphatic heterocycles. The van der Waals surface area contributed by atoms with Gasteiger partial charge in [-0.2, -0.15) is 0 Å². The number of amidine groups is 1. The van der Waals surface area contributed by atoms with E-state index in [9.17, 15) is 9.59 Å². The van der Waals surface area contributed by atoms with Crippen LogP contribution in [0.25, 0.3) is 6.08 Å². The summed E-state index contributed by atoms with van der Waals surface area (Å²) >= 11 is 3.33. The molecule has 1 N–H and O–H groups in total. The highest BCUT2D eigenvalue weighted by Crippen LogP contribution is 2.38. The van der Waals surface area contributed by atoms with E-state index in [1.807, 2.05) is 52.9 Å². The number of ether oxygens (including phenoxy) is 3. The van der Waals surface area contributed by atoms with Crippen molar-refractivity contribution in [2.75, 3.05) is 34.0 Å². The summed E-state index contributed by atoms with van der Waals surface area (Å²) in [6.07, 6.45) is 1.76. The van der Waals surface area contributed by atoms with Gasteiger partial charge in [0, 0.05) is 7.11 Å². The lowest BCUT2D eigenvalue weighted by molar-refractivity contribution is -0.139. The number of carboxylic acids is 1. The summed E-state index contributed by atoms with van der Waals surface area (Å²) in [5.74, 6) is -0.517. The number of rotatable bonds is 9. The lowest BCUT2D eigenvalue weighted by Crippen LogP contribution is -2.32. The van der Waals surface area contributed by atoms with E-state index in [2.05, 4.69) is 4.99 Å². The lowest BCUT2D eigenvalue weighted by atomic mass is 10.2. The Morgan fingerprint density at radius 2 is 2.00 bits per heavy atom. The number of aliphatic imine (C=N–C) groups is 1. The number of halogens is 1. The molecule has 10 heteroatoms. The summed E-state index contributed by atoms with van der Waals surface area (Å²) in [4.78, 5) is 30.7. The monoisotopic (exact) mass is 568 g/mol. The third-order valence-electron chi connectivity index (χ3n) is 4.28. The first kappa shape index (κ1) is 24.1. The maximum absolute atomic E-state index is 13.1. The predicted octanol–water partition coefficient (Wildman–Crippen LogP) is 4.01. The van der Waals surface area contributed by atoms with Crippen LogP contribution in [-0.2, 0) is 14.3 Å². The first-order chi connectivity index (χ1) is 15.4. The smallest absolute Gasteiger partial charge is 0.341 e. The van der Waals surface area contributed by atoms with Gasteiger partial charge in [-0.3, -0.25) is 9.69 Å². The van der Waals surface area contributed by atoms with Crippen molar-refractivity contribution < 1.29 is 28.9 Å². The van der Waals surface area contributed by atoms with Gasteiger partial charge in [0.1, 0.15) is 0 Å². The second kappa shape index (κ2) is 11.3. The van der Waals surface area contributed by atoms with Crippen LogP contribution in [-0.4, -0.2) is 61.0 Å². The fourth-order valence-corrected chi connectivity index (χ4v) is 4.64. The zero-order valence-corrected chi connectivity index (χ0v) is 20.4. The van der Waals surface area contributed by atoms with Crippen molar-refractivity contribution in [3.05, 3.63) is 56.5 Å². The van der Waals surface area contributed by atoms with Crippen molar-refractivity contribution in [1.82, 2.24) is 4.90 Å². The van der Waals surface area contributed by atoms with Crippen LogP contribution in [0.3, 0.4) is 0 Å². The van der Waals surface area contributed by atoms with Gasteiger partial charge in [-0.1, -0.05) is 18.2 Å². The van der Waals surface area contributed by atoms with Gasteiger partial charge in [0.2, 0.25) is 0 Å². The van der Waals surface area contributed by atoms with E-state index in [1.54, 1.807) is 30.2 Å². The minimum atomic E-state index is -1.08. The molecule has 0 bridgehead atoms. The van der Waals surface area contributed by atoms with Gasteiger partial charge in [0.15, 0.2) is 23.3 Å². The number of amides is 1. The zero-order chi connectivity index (χ0) is 23.1. The van der Waals surface area contributed by atoms with E-state index in [4.69, 9.17) is 19.3 Å². The third-order valence-corrected chi connectivity index (χ3v) is 6.09. The molecule has 3 rings (SSSR count). The topological polar surface area (TPSA) is 97.7 Å². The molecule has 2 aromatic rings. The van der Waals surface area contributed by atoms with Crippen LogP contribution in [0, 0.1) is 3.57 Å². The van der Waals surface area contributed by atoms with Gasteiger partial charge in [-0.25, -0.2) is 9.79 Å². The quantitative estimate of drug-likeness (QED) is 0.361. The van der Waals surface area contributed by atoms with Crippen molar-refractivity contribution in [3.8, 4) is 11.5 Å². The molecule has 1 amide bonds. The van der Waals surface area contributed by atoms with Crippen molar-refractivity contribution in [1.29, 1.82) is 0 Å². The molecule has 1 fully saturated rings. The van der Waals surface area contributed by atoms with Crippen LogP contribution in [0.1, 0.15) is 5.56 Å². The van der Waals surface area contributed by atoms with E-state index in [-0.39, 0.29) is 5.91 Å². The predicted molar refractivity (Wildman–Crippen MR) is 132 cm³/mol. The molecular weight excluding hydrogens is 547 g/mol. The van der Waals surface area contributed by atoms with Gasteiger partial charge in [-0.15, -0.1) is 0 Å². The molecule has 168 valence electrons. The average molecular weight is 568 g/mol. The van der Waals surface area contributed by atoms with Gasteiger partial charge >= 0.3 is 5.97 Å². The fraction of sp³-hybridized carbons (Fsp3) is 0.227. The van der Waals surface area contributed by atoms with Gasteiger partial charge in [0.25, 0.3) is 5.91 Å². The van der Waals surface area contributed by atoms with E-state index in [0.717, 1.165) is 11.3 Å². The molecule has 0 radical (unpaired) electrons. The Bertz CT molecular complexity index is 1060. The maximum atomic E-state index is 13.1. The number of carbonyl (C=O) groups is 2. The second-order valence-corrected chi connectivity index (χ2v) is 8.68. The van der Waals surface area contributed by atoms with Crippen molar-refractivity contribution in [2.45, 2.75) is 0 Å². The van der Waals surface area contributed by atoms with Crippen LogP contribution in [0.5, 0.6) is 11.5 Å². The normalized spacial score (nSPS) is 16.1. The third kappa shape index (κ3) is 6.02. The standard InChI is InChI=1S/C22H21IN2O6S/c1-29-9-8-25-21(28)18(32-22(25)24-15-6-4-3-5-7-15)12-14-10-16(23)20(17(11-14)30-2)31-13-19(26)27/h3-7,10-12H,8-9,13H2,1-2H3,(H,26,27)/b18-12-,24-22?. The average Bonchev–Trinajstić information content (AvgIpc) is 3.05. The van der Waals surface area contributed by atoms with Gasteiger partial charge in [-0.05, 0) is 70.3 Å². The molecule has 0 spiro atoms. The Hall–Kier alpha value is -2.57. The minimum absolute atomic E-state index is 0.165. The number of para-hydroxylation sites is 1. The number of methoxy groups -OCH3 is 2. The molecule has 32 heavy (non-hydrogen) atoms. The number of hydrogen-bond donors (Lipinski definition) is 1. The number of benzene rings is 2. The molecule has 1 saturated heterocycles. The highest BCUT2D eigenvalue weighted by molar-refractivity contribution is 14.1. The Labute approximate surface area is 203 Å². The number of aliphatic carboxylic acids is 1. The minimum Gasteiger partial charge on any atom is -0.493 e. The number of carbonyl (C=O) groups excluding carboxylic acids is 1. The molecule has 8 nitrogen and oxygen atoms in total. The molecule has 1 aliphatic rings. The highest BCUT2D eigenvalue weighted by atomic mass is 127. The molecule has 1 heterocycles. The van der Waals surface area contributed by atoms with Crippen LogP contribution >= 0.6 is 34.4 Å². The molecule has 0 unspecified atom stereocenters. The lowest BCUT2D eigenvalue weighted by Gasteiger charge is -2.14. The maximum Gasteiger partial charge on any atom is 0.341 e. The Kier molecular flexibility index (Phi) is 8.53. The molecule has 0 saturated carbocycles. The number of hydrogen-bond acceptors (Lipinski definition) is 7. The Morgan fingerprint density at radius 3 is 2.66 bits per heavy atom. The first-order valence-electron chi connectivity index (χ1n) is 9.49. The Balaban J connectivity index is 1.93. The van der Waals surface area contributed by atoms with E-state index < -0.39 is 12.6 Å². The van der Waals surface area contributed by atoms with Crippen molar-refractivity contribution in [2.24, 2.45) is 4.99 Å². The summed E-state index contributed by atoms with van der Waals surface area (Å²) in [5, 5.41) is 9.45. The van der Waals surface area contributed by atoms with Crippen LogP contribution in [0.15, 0.2) is 52.4 Å². The SMILES string of the molecule is COCCN1C(=O)/C(=C/c2cc(I)c(OCC(=O)O)c(OC)c2)SC1=Nc1ccccc1. The van der Waals surface area contributed by atoms with Crippen LogP contribution in [0.2, 0.25) is 0 Å². The highest BCUT2D eigenvalue weighted by Gasteiger charge is 2.33. The van der Waals surface area contributed by atoms with Crippen LogP contribution < -0.4 is 9.47 Å². The van der Waals surface area contributed by atoms with E-state index in [1.165, 1.54) is 18.9 Å². The number of thioether (sulfide) groups is 1. The molecule has 2 aromatic carbocycles. The molecule has 0 aromatic heterocycles. The van der Waals surface area contributed by atoms with Crippen LogP contribution in [0.4, 0.5) is 5.69 Å². The second-order valence-electron chi connectivity index (χ2n) is 6.51. The fourth-order valence-electron chi connectivity index (χ4n) is 2.83. The van der Waals surface area contributed by atoms with Gasteiger partial charge in [0.05, 0.1) is 34.4 Å². The van der Waals surface area contributed by atoms with E-state index >= 15 is 0 Å². The molecule has 0 atom stereocenters. The van der Waals surface area contributed by atoms with Gasteiger partial charge < -0.3 is 19.3 Å². The summed E-state index contributed by atoms with van der Waals surface area (Å²) in [6.45, 7) is 0.289. The number of nitrogens with zero attached hydrogens (tertiary/aromatic N) is 2. The van der Waals surface area contributed by atoms with Crippen molar-refractivity contribution in [3.63, 3.8) is 0 Å². The summed E-state index contributed by atoms with van der Waals surface area (Å²) in [6, 6.07) is 12.9. The van der Waals surface area contributed by atoms with E-state index in [0.29, 0.717) is 38.3 Å².